The second kappa shape index (κ2) is 4.09. The maximum atomic E-state index is 12.6. The highest BCUT2D eigenvalue weighted by atomic mass is 19.4. The summed E-state index contributed by atoms with van der Waals surface area (Å²) in [6.45, 7) is -0.790. The van der Waals surface area contributed by atoms with Gasteiger partial charge in [-0.1, -0.05) is 12.8 Å². The van der Waals surface area contributed by atoms with Gasteiger partial charge in [-0.25, -0.2) is 0 Å². The molecule has 1 heterocycles. The molecule has 2 aliphatic rings. The Morgan fingerprint density at radius 2 is 1.78 bits per heavy atom. The fourth-order valence-electron chi connectivity index (χ4n) is 2.73. The van der Waals surface area contributed by atoms with E-state index in [1.54, 1.807) is 0 Å². The van der Waals surface area contributed by atoms with Crippen molar-refractivity contribution < 1.29 is 23.1 Å². The van der Waals surface area contributed by atoms with Crippen LogP contribution in [0.1, 0.15) is 32.1 Å². The van der Waals surface area contributed by atoms with Crippen LogP contribution in [0.15, 0.2) is 0 Å². The van der Waals surface area contributed by atoms with Crippen molar-refractivity contribution in [3.63, 3.8) is 0 Å². The van der Waals surface area contributed by atoms with Crippen molar-refractivity contribution in [3.8, 4) is 0 Å². The number of hydrogen-bond acceptors (Lipinski definition) is 3. The monoisotopic (exact) mass is 266 g/mol. The lowest BCUT2D eigenvalue weighted by molar-refractivity contribution is -0.253. The number of carbonyl (C=O) groups is 1. The van der Waals surface area contributed by atoms with Crippen molar-refractivity contribution in [2.24, 2.45) is 5.73 Å². The fraction of sp³-hybridized carbons (Fsp3) is 0.909. The largest absolute Gasteiger partial charge is 0.419 e. The van der Waals surface area contributed by atoms with E-state index in [1.807, 2.05) is 0 Å². The number of aliphatic hydroxyl groups is 1. The Morgan fingerprint density at radius 3 is 2.22 bits per heavy atom. The van der Waals surface area contributed by atoms with E-state index in [2.05, 4.69) is 0 Å². The molecule has 1 saturated heterocycles. The minimum Gasteiger partial charge on any atom is -0.379 e. The van der Waals surface area contributed by atoms with Crippen LogP contribution in [0.25, 0.3) is 0 Å². The van der Waals surface area contributed by atoms with Crippen molar-refractivity contribution in [1.29, 1.82) is 0 Å². The Labute approximate surface area is 103 Å². The van der Waals surface area contributed by atoms with Gasteiger partial charge >= 0.3 is 6.18 Å². The summed E-state index contributed by atoms with van der Waals surface area (Å²) < 4.78 is 37.9. The van der Waals surface area contributed by atoms with Crippen LogP contribution in [0, 0.1) is 0 Å². The van der Waals surface area contributed by atoms with Gasteiger partial charge in [-0.15, -0.1) is 0 Å². The average Bonchev–Trinajstić information content (AvgIpc) is 2.85. The zero-order chi connectivity index (χ0) is 13.6. The number of amides is 1. The summed E-state index contributed by atoms with van der Waals surface area (Å²) in [6.07, 6.45) is -2.53. The summed E-state index contributed by atoms with van der Waals surface area (Å²) in [5, 5.41) is 9.51. The first-order valence-corrected chi connectivity index (χ1v) is 6.05. The molecule has 1 saturated carbocycles. The topological polar surface area (TPSA) is 66.6 Å². The van der Waals surface area contributed by atoms with Crippen molar-refractivity contribution in [3.05, 3.63) is 0 Å². The lowest BCUT2D eigenvalue weighted by Crippen LogP contribution is -2.55. The molecule has 4 nitrogen and oxygen atoms in total. The van der Waals surface area contributed by atoms with E-state index >= 15 is 0 Å². The second-order valence-electron chi connectivity index (χ2n) is 5.37. The van der Waals surface area contributed by atoms with Gasteiger partial charge < -0.3 is 15.7 Å². The predicted octanol–water partition coefficient (Wildman–Crippen LogP) is 0.784. The Bertz CT molecular complexity index is 353. The SMILES string of the molecule is NC1(C(=O)N2CCC(O)(C(F)(F)F)C2)CCCC1. The van der Waals surface area contributed by atoms with E-state index in [4.69, 9.17) is 5.73 Å². The van der Waals surface area contributed by atoms with Crippen LogP contribution in [0.4, 0.5) is 13.2 Å². The maximum absolute atomic E-state index is 12.6. The number of carbonyl (C=O) groups excluding carboxylic acids is 1. The summed E-state index contributed by atoms with van der Waals surface area (Å²) in [5.74, 6) is -0.458. The van der Waals surface area contributed by atoms with Crippen LogP contribution in [-0.2, 0) is 4.79 Å². The average molecular weight is 266 g/mol. The molecule has 2 rings (SSSR count). The van der Waals surface area contributed by atoms with Crippen LogP contribution >= 0.6 is 0 Å². The third kappa shape index (κ3) is 2.09. The van der Waals surface area contributed by atoms with Gasteiger partial charge in [0.15, 0.2) is 5.60 Å². The van der Waals surface area contributed by atoms with Gasteiger partial charge in [-0.05, 0) is 12.8 Å². The number of halogens is 3. The molecule has 0 spiro atoms. The van der Waals surface area contributed by atoms with Crippen molar-refractivity contribution >= 4 is 5.91 Å². The highest BCUT2D eigenvalue weighted by Crippen LogP contribution is 2.39. The van der Waals surface area contributed by atoms with Gasteiger partial charge in [0.25, 0.3) is 0 Å². The molecular formula is C11H17F3N2O2. The van der Waals surface area contributed by atoms with Crippen molar-refractivity contribution in [2.45, 2.75) is 49.4 Å². The summed E-state index contributed by atoms with van der Waals surface area (Å²) in [5.41, 5.74) is 2.11. The van der Waals surface area contributed by atoms with Crippen molar-refractivity contribution in [2.75, 3.05) is 13.1 Å². The lowest BCUT2D eigenvalue weighted by atomic mass is 9.97. The molecule has 0 aromatic rings. The summed E-state index contributed by atoms with van der Waals surface area (Å²) >= 11 is 0. The van der Waals surface area contributed by atoms with Gasteiger partial charge in [0.2, 0.25) is 5.91 Å². The molecule has 18 heavy (non-hydrogen) atoms. The molecule has 104 valence electrons. The van der Waals surface area contributed by atoms with E-state index in [0.29, 0.717) is 12.8 Å². The molecule has 1 aliphatic carbocycles. The molecule has 2 fully saturated rings. The summed E-state index contributed by atoms with van der Waals surface area (Å²) in [7, 11) is 0. The first-order valence-electron chi connectivity index (χ1n) is 6.05. The molecule has 1 aliphatic heterocycles. The van der Waals surface area contributed by atoms with Gasteiger partial charge in [0, 0.05) is 13.0 Å². The highest BCUT2D eigenvalue weighted by molar-refractivity contribution is 5.86. The van der Waals surface area contributed by atoms with Gasteiger partial charge in [-0.2, -0.15) is 13.2 Å². The zero-order valence-electron chi connectivity index (χ0n) is 9.96. The van der Waals surface area contributed by atoms with Crippen LogP contribution in [-0.4, -0.2) is 46.3 Å². The third-order valence-corrected chi connectivity index (χ3v) is 3.98. The molecule has 1 unspecified atom stereocenters. The Morgan fingerprint density at radius 1 is 1.22 bits per heavy atom. The molecule has 0 aromatic heterocycles. The number of alkyl halides is 3. The quantitative estimate of drug-likeness (QED) is 0.737. The standard InChI is InChI=1S/C11H17F3N2O2/c12-11(13,14)10(18)5-6-16(7-10)8(17)9(15)3-1-2-4-9/h18H,1-7,15H2. The molecule has 1 atom stereocenters. The molecule has 0 radical (unpaired) electrons. The third-order valence-electron chi connectivity index (χ3n) is 3.98. The van der Waals surface area contributed by atoms with Gasteiger partial charge in [0.1, 0.15) is 0 Å². The van der Waals surface area contributed by atoms with E-state index in [0.717, 1.165) is 17.7 Å². The number of β-amino-alcohol motifs (C(OH)–C–C–N with tert-alkyl or cyclic N) is 1. The molecule has 1 amide bonds. The first kappa shape index (κ1) is 13.6. The zero-order valence-corrected chi connectivity index (χ0v) is 9.96. The van der Waals surface area contributed by atoms with Crippen LogP contribution in [0.3, 0.4) is 0 Å². The highest BCUT2D eigenvalue weighted by Gasteiger charge is 2.58. The van der Waals surface area contributed by atoms with Crippen LogP contribution < -0.4 is 5.73 Å². The normalized spacial score (nSPS) is 31.9. The Kier molecular flexibility index (Phi) is 3.09. The van der Waals surface area contributed by atoms with E-state index in [-0.39, 0.29) is 6.54 Å². The maximum Gasteiger partial charge on any atom is 0.419 e. The predicted molar refractivity (Wildman–Crippen MR) is 57.6 cm³/mol. The van der Waals surface area contributed by atoms with Crippen molar-refractivity contribution in [1.82, 2.24) is 4.90 Å². The minimum atomic E-state index is -4.71. The molecule has 7 heteroatoms. The van der Waals surface area contributed by atoms with E-state index in [1.165, 1.54) is 0 Å². The number of rotatable bonds is 1. The molecule has 0 aromatic carbocycles. The van der Waals surface area contributed by atoms with Crippen LogP contribution in [0.5, 0.6) is 0 Å². The second-order valence-corrected chi connectivity index (χ2v) is 5.37. The molecular weight excluding hydrogens is 249 g/mol. The summed E-state index contributed by atoms with van der Waals surface area (Å²) in [6, 6.07) is 0. The number of likely N-dealkylation sites (tertiary alicyclic amines) is 1. The smallest absolute Gasteiger partial charge is 0.379 e. The number of nitrogens with two attached hydrogens (primary N) is 1. The number of nitrogens with zero attached hydrogens (tertiary/aromatic N) is 1. The van der Waals surface area contributed by atoms with Crippen LogP contribution in [0.2, 0.25) is 0 Å². The van der Waals surface area contributed by atoms with Gasteiger partial charge in [0.05, 0.1) is 12.1 Å². The fourth-order valence-corrected chi connectivity index (χ4v) is 2.73. The molecule has 0 bridgehead atoms. The Hall–Kier alpha value is -0.820. The van der Waals surface area contributed by atoms with E-state index < -0.39 is 36.2 Å². The number of hydrogen-bond donors (Lipinski definition) is 2. The Balaban J connectivity index is 2.07. The van der Waals surface area contributed by atoms with E-state index in [9.17, 15) is 23.1 Å². The lowest BCUT2D eigenvalue weighted by Gasteiger charge is -2.30. The minimum absolute atomic E-state index is 0.0895. The van der Waals surface area contributed by atoms with Gasteiger partial charge in [-0.3, -0.25) is 4.79 Å². The molecule has 3 N–H and O–H groups in total. The first-order chi connectivity index (χ1) is 8.18. The summed E-state index contributed by atoms with van der Waals surface area (Å²) in [4.78, 5) is 13.2.